The second-order valence-electron chi connectivity index (χ2n) is 4.77. The van der Waals surface area contributed by atoms with E-state index in [4.69, 9.17) is 0 Å². The number of hydrogen-bond donors (Lipinski definition) is 2. The number of carbonyl (C=O) groups excluding carboxylic acids is 1. The molecule has 3 heteroatoms. The molecule has 1 saturated carbocycles. The van der Waals surface area contributed by atoms with E-state index in [1.165, 1.54) is 19.3 Å². The van der Waals surface area contributed by atoms with Gasteiger partial charge in [0.15, 0.2) is 0 Å². The van der Waals surface area contributed by atoms with Crippen molar-refractivity contribution in [2.45, 2.75) is 51.1 Å². The van der Waals surface area contributed by atoms with Gasteiger partial charge in [0.25, 0.3) is 0 Å². The molecule has 3 nitrogen and oxygen atoms in total. The van der Waals surface area contributed by atoms with Crippen LogP contribution in [-0.2, 0) is 4.79 Å². The van der Waals surface area contributed by atoms with Crippen molar-refractivity contribution in [3.63, 3.8) is 0 Å². The third kappa shape index (κ3) is 2.27. The SMILES string of the molecule is CC1CCC(NC(=O)[C@H]2CCCN2)C1. The highest BCUT2D eigenvalue weighted by Gasteiger charge is 2.27. The van der Waals surface area contributed by atoms with Crippen molar-refractivity contribution in [1.29, 1.82) is 0 Å². The fourth-order valence-corrected chi connectivity index (χ4v) is 2.55. The topological polar surface area (TPSA) is 41.1 Å². The van der Waals surface area contributed by atoms with Crippen LogP contribution in [0.1, 0.15) is 39.0 Å². The maximum Gasteiger partial charge on any atom is 0.237 e. The highest BCUT2D eigenvalue weighted by Crippen LogP contribution is 2.24. The number of hydrogen-bond acceptors (Lipinski definition) is 2. The van der Waals surface area contributed by atoms with Gasteiger partial charge in [0.05, 0.1) is 6.04 Å². The fourth-order valence-electron chi connectivity index (χ4n) is 2.55. The molecule has 2 aliphatic rings. The molecule has 0 bridgehead atoms. The average Bonchev–Trinajstić information content (AvgIpc) is 2.75. The van der Waals surface area contributed by atoms with E-state index < -0.39 is 0 Å². The summed E-state index contributed by atoms with van der Waals surface area (Å²) in [5, 5.41) is 6.38. The quantitative estimate of drug-likeness (QED) is 0.693. The van der Waals surface area contributed by atoms with Crippen molar-refractivity contribution in [3.8, 4) is 0 Å². The van der Waals surface area contributed by atoms with Crippen molar-refractivity contribution >= 4 is 5.91 Å². The van der Waals surface area contributed by atoms with Gasteiger partial charge in [-0.05, 0) is 44.6 Å². The summed E-state index contributed by atoms with van der Waals surface area (Å²) in [6.45, 7) is 3.26. The molecule has 0 radical (unpaired) electrons. The summed E-state index contributed by atoms with van der Waals surface area (Å²) in [5.74, 6) is 1.01. The van der Waals surface area contributed by atoms with Gasteiger partial charge < -0.3 is 10.6 Å². The van der Waals surface area contributed by atoms with Crippen molar-refractivity contribution < 1.29 is 4.79 Å². The molecular weight excluding hydrogens is 176 g/mol. The van der Waals surface area contributed by atoms with E-state index >= 15 is 0 Å². The monoisotopic (exact) mass is 196 g/mol. The zero-order chi connectivity index (χ0) is 9.97. The van der Waals surface area contributed by atoms with Crippen LogP contribution < -0.4 is 10.6 Å². The molecule has 3 atom stereocenters. The van der Waals surface area contributed by atoms with Crippen molar-refractivity contribution in [2.75, 3.05) is 6.54 Å². The number of rotatable bonds is 2. The summed E-state index contributed by atoms with van der Waals surface area (Å²) in [7, 11) is 0. The smallest absolute Gasteiger partial charge is 0.237 e. The summed E-state index contributed by atoms with van der Waals surface area (Å²) in [5.41, 5.74) is 0. The van der Waals surface area contributed by atoms with Gasteiger partial charge in [-0.3, -0.25) is 4.79 Å². The van der Waals surface area contributed by atoms with E-state index in [1.54, 1.807) is 0 Å². The van der Waals surface area contributed by atoms with Crippen LogP contribution in [0, 0.1) is 5.92 Å². The molecule has 14 heavy (non-hydrogen) atoms. The van der Waals surface area contributed by atoms with Crippen LogP contribution in [0.5, 0.6) is 0 Å². The number of amides is 1. The lowest BCUT2D eigenvalue weighted by atomic mass is 10.1. The van der Waals surface area contributed by atoms with Crippen LogP contribution in [0.3, 0.4) is 0 Å². The molecule has 0 aromatic carbocycles. The van der Waals surface area contributed by atoms with Gasteiger partial charge in [-0.1, -0.05) is 6.92 Å². The van der Waals surface area contributed by atoms with E-state index in [9.17, 15) is 4.79 Å². The molecule has 1 heterocycles. The molecule has 2 fully saturated rings. The van der Waals surface area contributed by atoms with Crippen molar-refractivity contribution in [3.05, 3.63) is 0 Å². The van der Waals surface area contributed by atoms with E-state index in [2.05, 4.69) is 17.6 Å². The Morgan fingerprint density at radius 2 is 2.21 bits per heavy atom. The molecule has 1 saturated heterocycles. The second kappa shape index (κ2) is 4.30. The Hall–Kier alpha value is -0.570. The Labute approximate surface area is 85.6 Å². The normalized spacial score (nSPS) is 37.4. The van der Waals surface area contributed by atoms with Crippen LogP contribution in [0.4, 0.5) is 0 Å². The fraction of sp³-hybridized carbons (Fsp3) is 0.909. The summed E-state index contributed by atoms with van der Waals surface area (Å²) in [6, 6.07) is 0.533. The van der Waals surface area contributed by atoms with E-state index in [0.29, 0.717) is 6.04 Å². The summed E-state index contributed by atoms with van der Waals surface area (Å²) >= 11 is 0. The van der Waals surface area contributed by atoms with E-state index in [1.807, 2.05) is 0 Å². The zero-order valence-electron chi connectivity index (χ0n) is 8.88. The van der Waals surface area contributed by atoms with Crippen LogP contribution in [0.2, 0.25) is 0 Å². The molecule has 2 unspecified atom stereocenters. The predicted molar refractivity (Wildman–Crippen MR) is 56.0 cm³/mol. The molecule has 0 spiro atoms. The average molecular weight is 196 g/mol. The molecule has 0 aromatic rings. The first-order valence-corrected chi connectivity index (χ1v) is 5.79. The Bertz CT molecular complexity index is 211. The highest BCUT2D eigenvalue weighted by atomic mass is 16.2. The predicted octanol–water partition coefficient (Wildman–Crippen LogP) is 1.04. The van der Waals surface area contributed by atoms with E-state index in [0.717, 1.165) is 25.3 Å². The van der Waals surface area contributed by atoms with Gasteiger partial charge in [-0.15, -0.1) is 0 Å². The van der Waals surface area contributed by atoms with Crippen LogP contribution in [-0.4, -0.2) is 24.5 Å². The molecular formula is C11H20N2O. The first-order valence-electron chi connectivity index (χ1n) is 5.79. The minimum Gasteiger partial charge on any atom is -0.352 e. The van der Waals surface area contributed by atoms with Gasteiger partial charge in [0, 0.05) is 6.04 Å². The van der Waals surface area contributed by atoms with Gasteiger partial charge >= 0.3 is 0 Å². The summed E-state index contributed by atoms with van der Waals surface area (Å²) < 4.78 is 0. The highest BCUT2D eigenvalue weighted by molar-refractivity contribution is 5.82. The second-order valence-corrected chi connectivity index (χ2v) is 4.77. The first-order chi connectivity index (χ1) is 6.75. The van der Waals surface area contributed by atoms with Crippen LogP contribution in [0.25, 0.3) is 0 Å². The molecule has 1 amide bonds. The minimum absolute atomic E-state index is 0.0888. The first kappa shape index (κ1) is 9.97. The van der Waals surface area contributed by atoms with Crippen LogP contribution in [0.15, 0.2) is 0 Å². The number of carbonyl (C=O) groups is 1. The molecule has 2 N–H and O–H groups in total. The summed E-state index contributed by atoms with van der Waals surface area (Å²) in [6.07, 6.45) is 5.74. The standard InChI is InChI=1S/C11H20N2O/c1-8-4-5-9(7-8)13-11(14)10-3-2-6-12-10/h8-10,12H,2-7H2,1H3,(H,13,14)/t8?,9?,10-/m1/s1. The minimum atomic E-state index is 0.0888. The Kier molecular flexibility index (Phi) is 3.06. The molecule has 1 aliphatic heterocycles. The van der Waals surface area contributed by atoms with Gasteiger partial charge in [-0.2, -0.15) is 0 Å². The molecule has 1 aliphatic carbocycles. The van der Waals surface area contributed by atoms with Gasteiger partial charge in [0.2, 0.25) is 5.91 Å². The lowest BCUT2D eigenvalue weighted by Gasteiger charge is -2.16. The molecule has 0 aromatic heterocycles. The zero-order valence-corrected chi connectivity index (χ0v) is 8.88. The summed E-state index contributed by atoms with van der Waals surface area (Å²) in [4.78, 5) is 11.7. The molecule has 80 valence electrons. The third-order valence-corrected chi connectivity index (χ3v) is 3.42. The van der Waals surface area contributed by atoms with Crippen molar-refractivity contribution in [1.82, 2.24) is 10.6 Å². The lowest BCUT2D eigenvalue weighted by Crippen LogP contribution is -2.44. The van der Waals surface area contributed by atoms with Gasteiger partial charge in [0.1, 0.15) is 0 Å². The lowest BCUT2D eigenvalue weighted by molar-refractivity contribution is -0.123. The molecule has 2 rings (SSSR count). The number of nitrogens with one attached hydrogen (secondary N) is 2. The Morgan fingerprint density at radius 1 is 1.36 bits per heavy atom. The third-order valence-electron chi connectivity index (χ3n) is 3.42. The largest absolute Gasteiger partial charge is 0.352 e. The Balaban J connectivity index is 1.76. The van der Waals surface area contributed by atoms with E-state index in [-0.39, 0.29) is 11.9 Å². The maximum absolute atomic E-state index is 11.7. The van der Waals surface area contributed by atoms with Crippen molar-refractivity contribution in [2.24, 2.45) is 5.92 Å². The maximum atomic E-state index is 11.7. The van der Waals surface area contributed by atoms with Gasteiger partial charge in [-0.25, -0.2) is 0 Å². The Morgan fingerprint density at radius 3 is 2.79 bits per heavy atom. The van der Waals surface area contributed by atoms with Crippen LogP contribution >= 0.6 is 0 Å².